The van der Waals surface area contributed by atoms with Gasteiger partial charge in [-0.3, -0.25) is 0 Å². The van der Waals surface area contributed by atoms with Gasteiger partial charge in [0.25, 0.3) is 0 Å². The number of thioether (sulfide) groups is 1. The van der Waals surface area contributed by atoms with E-state index in [2.05, 4.69) is 25.6 Å². The maximum Gasteiger partial charge on any atom is 0.00499 e. The molecule has 0 aromatic heterocycles. The molecule has 0 amide bonds. The standard InChI is InChI=1S/C11H22S/c1-3-4-5-6-7-11-8-10(2)9-12-11/h10-11H,3-9H2,1-2H3. The second kappa shape index (κ2) is 5.90. The molecule has 1 heterocycles. The van der Waals surface area contributed by atoms with Crippen LogP contribution in [-0.2, 0) is 0 Å². The van der Waals surface area contributed by atoms with Gasteiger partial charge in [-0.25, -0.2) is 0 Å². The molecule has 0 N–H and O–H groups in total. The van der Waals surface area contributed by atoms with Gasteiger partial charge in [0.1, 0.15) is 0 Å². The lowest BCUT2D eigenvalue weighted by atomic mass is 10.0. The molecule has 0 aliphatic carbocycles. The van der Waals surface area contributed by atoms with Crippen molar-refractivity contribution in [3.05, 3.63) is 0 Å². The number of hydrogen-bond donors (Lipinski definition) is 0. The molecule has 0 saturated carbocycles. The van der Waals surface area contributed by atoms with E-state index in [4.69, 9.17) is 0 Å². The van der Waals surface area contributed by atoms with E-state index in [9.17, 15) is 0 Å². The third-order valence-electron chi connectivity index (χ3n) is 2.66. The van der Waals surface area contributed by atoms with Crippen LogP contribution in [0.15, 0.2) is 0 Å². The van der Waals surface area contributed by atoms with Gasteiger partial charge >= 0.3 is 0 Å². The van der Waals surface area contributed by atoms with E-state index in [1.54, 1.807) is 0 Å². The van der Waals surface area contributed by atoms with Crippen LogP contribution in [0.25, 0.3) is 0 Å². The van der Waals surface area contributed by atoms with Gasteiger partial charge in [0.2, 0.25) is 0 Å². The van der Waals surface area contributed by atoms with Crippen molar-refractivity contribution in [3.63, 3.8) is 0 Å². The van der Waals surface area contributed by atoms with Gasteiger partial charge < -0.3 is 0 Å². The molecular weight excluding hydrogens is 164 g/mol. The third kappa shape index (κ3) is 3.84. The summed E-state index contributed by atoms with van der Waals surface area (Å²) >= 11 is 2.21. The molecule has 1 heteroatoms. The van der Waals surface area contributed by atoms with Crippen molar-refractivity contribution >= 4 is 11.8 Å². The van der Waals surface area contributed by atoms with Crippen LogP contribution < -0.4 is 0 Å². The lowest BCUT2D eigenvalue weighted by Crippen LogP contribution is -1.98. The van der Waals surface area contributed by atoms with Crippen LogP contribution in [0.4, 0.5) is 0 Å². The fraction of sp³-hybridized carbons (Fsp3) is 1.00. The van der Waals surface area contributed by atoms with Crippen molar-refractivity contribution in [2.45, 2.75) is 57.6 Å². The van der Waals surface area contributed by atoms with Crippen molar-refractivity contribution in [1.82, 2.24) is 0 Å². The Morgan fingerprint density at radius 3 is 2.67 bits per heavy atom. The normalized spacial score (nSPS) is 29.5. The maximum absolute atomic E-state index is 2.39. The minimum Gasteiger partial charge on any atom is -0.158 e. The van der Waals surface area contributed by atoms with E-state index >= 15 is 0 Å². The Morgan fingerprint density at radius 2 is 2.08 bits per heavy atom. The predicted octanol–water partition coefficient (Wildman–Crippen LogP) is 4.10. The average molecular weight is 186 g/mol. The Labute approximate surface area is 81.5 Å². The molecule has 1 aliphatic heterocycles. The van der Waals surface area contributed by atoms with Gasteiger partial charge in [0.05, 0.1) is 0 Å². The summed E-state index contributed by atoms with van der Waals surface area (Å²) in [4.78, 5) is 0. The quantitative estimate of drug-likeness (QED) is 0.583. The van der Waals surface area contributed by atoms with Crippen molar-refractivity contribution in [1.29, 1.82) is 0 Å². The van der Waals surface area contributed by atoms with E-state index in [-0.39, 0.29) is 0 Å². The van der Waals surface area contributed by atoms with Crippen molar-refractivity contribution < 1.29 is 0 Å². The topological polar surface area (TPSA) is 0 Å². The second-order valence-electron chi connectivity index (χ2n) is 4.15. The molecule has 0 radical (unpaired) electrons. The van der Waals surface area contributed by atoms with Crippen LogP contribution >= 0.6 is 11.8 Å². The molecule has 0 nitrogen and oxygen atoms in total. The van der Waals surface area contributed by atoms with E-state index in [0.717, 1.165) is 11.2 Å². The minimum absolute atomic E-state index is 0.992. The molecular formula is C11H22S. The first-order valence-corrected chi connectivity index (χ1v) is 6.49. The molecule has 2 unspecified atom stereocenters. The molecule has 1 fully saturated rings. The summed E-state index contributed by atoms with van der Waals surface area (Å²) in [5.74, 6) is 2.41. The summed E-state index contributed by atoms with van der Waals surface area (Å²) in [5, 5.41) is 1.01. The van der Waals surface area contributed by atoms with Crippen LogP contribution in [0, 0.1) is 5.92 Å². The van der Waals surface area contributed by atoms with E-state index in [1.807, 2.05) is 0 Å². The van der Waals surface area contributed by atoms with Gasteiger partial charge in [-0.1, -0.05) is 39.5 Å². The first-order chi connectivity index (χ1) is 5.83. The first-order valence-electron chi connectivity index (χ1n) is 5.44. The van der Waals surface area contributed by atoms with E-state index < -0.39 is 0 Å². The smallest absolute Gasteiger partial charge is 0.00499 e. The summed E-state index contributed by atoms with van der Waals surface area (Å²) < 4.78 is 0. The summed E-state index contributed by atoms with van der Waals surface area (Å²) in [6, 6.07) is 0. The van der Waals surface area contributed by atoms with Crippen LogP contribution in [0.1, 0.15) is 52.4 Å². The molecule has 1 saturated heterocycles. The van der Waals surface area contributed by atoms with Gasteiger partial charge in [-0.15, -0.1) is 0 Å². The molecule has 0 aromatic rings. The Hall–Kier alpha value is 0.350. The minimum atomic E-state index is 0.992. The van der Waals surface area contributed by atoms with Crippen LogP contribution in [0.3, 0.4) is 0 Å². The Bertz CT molecular complexity index is 112. The number of hydrogen-bond acceptors (Lipinski definition) is 1. The maximum atomic E-state index is 2.39. The van der Waals surface area contributed by atoms with Gasteiger partial charge in [-0.2, -0.15) is 11.8 Å². The summed E-state index contributed by atoms with van der Waals surface area (Å²) in [7, 11) is 0. The molecule has 12 heavy (non-hydrogen) atoms. The van der Waals surface area contributed by atoms with E-state index in [0.29, 0.717) is 0 Å². The highest BCUT2D eigenvalue weighted by Gasteiger charge is 2.20. The lowest BCUT2D eigenvalue weighted by molar-refractivity contribution is 0.555. The average Bonchev–Trinajstić information content (AvgIpc) is 2.45. The zero-order valence-corrected chi connectivity index (χ0v) is 9.33. The molecule has 2 atom stereocenters. The van der Waals surface area contributed by atoms with Gasteiger partial charge in [0.15, 0.2) is 0 Å². The fourth-order valence-corrected chi connectivity index (χ4v) is 3.42. The molecule has 0 spiro atoms. The summed E-state index contributed by atoms with van der Waals surface area (Å²) in [5.41, 5.74) is 0. The van der Waals surface area contributed by atoms with Gasteiger partial charge in [0, 0.05) is 5.25 Å². The molecule has 1 rings (SSSR count). The van der Waals surface area contributed by atoms with Crippen LogP contribution in [0.5, 0.6) is 0 Å². The first kappa shape index (κ1) is 10.4. The Kier molecular flexibility index (Phi) is 5.13. The second-order valence-corrected chi connectivity index (χ2v) is 5.48. The van der Waals surface area contributed by atoms with Crippen molar-refractivity contribution in [2.24, 2.45) is 5.92 Å². The van der Waals surface area contributed by atoms with Crippen molar-refractivity contribution in [2.75, 3.05) is 5.75 Å². The van der Waals surface area contributed by atoms with Crippen LogP contribution in [-0.4, -0.2) is 11.0 Å². The highest BCUT2D eigenvalue weighted by molar-refractivity contribution is 8.00. The SMILES string of the molecule is CCCCCCC1CC(C)CS1. The number of rotatable bonds is 5. The zero-order valence-electron chi connectivity index (χ0n) is 8.51. The molecule has 72 valence electrons. The summed E-state index contributed by atoms with van der Waals surface area (Å²) in [6.07, 6.45) is 8.70. The number of unbranched alkanes of at least 4 members (excludes halogenated alkanes) is 3. The van der Waals surface area contributed by atoms with Crippen LogP contribution in [0.2, 0.25) is 0 Å². The Balaban J connectivity index is 1.93. The molecule has 1 aliphatic rings. The highest BCUT2D eigenvalue weighted by Crippen LogP contribution is 2.34. The molecule has 0 aromatic carbocycles. The summed E-state index contributed by atoms with van der Waals surface area (Å²) in [6.45, 7) is 4.67. The lowest BCUT2D eigenvalue weighted by Gasteiger charge is -2.07. The van der Waals surface area contributed by atoms with E-state index in [1.165, 1.54) is 44.3 Å². The predicted molar refractivity (Wildman–Crippen MR) is 58.8 cm³/mol. The van der Waals surface area contributed by atoms with Gasteiger partial charge in [-0.05, 0) is 24.5 Å². The Morgan fingerprint density at radius 1 is 1.25 bits per heavy atom. The fourth-order valence-electron chi connectivity index (χ4n) is 1.89. The zero-order chi connectivity index (χ0) is 8.81. The molecule has 0 bridgehead atoms. The third-order valence-corrected chi connectivity index (χ3v) is 4.32. The largest absolute Gasteiger partial charge is 0.158 e. The monoisotopic (exact) mass is 186 g/mol. The highest BCUT2D eigenvalue weighted by atomic mass is 32.2. The van der Waals surface area contributed by atoms with Crippen molar-refractivity contribution in [3.8, 4) is 0 Å².